The summed E-state index contributed by atoms with van der Waals surface area (Å²) in [5.41, 5.74) is 3.41. The van der Waals surface area contributed by atoms with E-state index in [2.05, 4.69) is 31.1 Å². The number of carbonyl (C=O) groups excluding carboxylic acids is 1. The first-order valence-corrected chi connectivity index (χ1v) is 8.21. The van der Waals surface area contributed by atoms with E-state index >= 15 is 0 Å². The fourth-order valence-electron chi connectivity index (χ4n) is 2.58. The van der Waals surface area contributed by atoms with Gasteiger partial charge >= 0.3 is 0 Å². The number of nitrogens with one attached hydrogen (secondary N) is 1. The first kappa shape index (κ1) is 15.0. The third-order valence-corrected chi connectivity index (χ3v) is 4.73. The molecule has 1 aliphatic rings. The lowest BCUT2D eigenvalue weighted by Gasteiger charge is -2.17. The second-order valence-electron chi connectivity index (χ2n) is 5.51. The molecule has 1 amide bonds. The summed E-state index contributed by atoms with van der Waals surface area (Å²) in [6, 6.07) is 9.59. The van der Waals surface area contributed by atoms with Crippen LogP contribution in [0.2, 0.25) is 0 Å². The van der Waals surface area contributed by atoms with E-state index in [4.69, 9.17) is 0 Å². The number of nitrogens with zero attached hydrogens (tertiary/aromatic N) is 2. The quantitative estimate of drug-likeness (QED) is 0.900. The van der Waals surface area contributed by atoms with E-state index in [1.807, 2.05) is 37.3 Å². The van der Waals surface area contributed by atoms with Crippen LogP contribution in [-0.2, 0) is 0 Å². The summed E-state index contributed by atoms with van der Waals surface area (Å²) in [6.45, 7) is 4.11. The molecular weight excluding hydrogens is 342 g/mol. The van der Waals surface area contributed by atoms with Crippen molar-refractivity contribution in [2.24, 2.45) is 0 Å². The van der Waals surface area contributed by atoms with Gasteiger partial charge in [0.15, 0.2) is 0 Å². The van der Waals surface area contributed by atoms with Gasteiger partial charge in [-0.15, -0.1) is 0 Å². The molecule has 0 unspecified atom stereocenters. The van der Waals surface area contributed by atoms with Crippen molar-refractivity contribution in [1.29, 1.82) is 0 Å². The molecule has 0 aliphatic carbocycles. The minimum Gasteiger partial charge on any atom is -0.371 e. The average Bonchev–Trinajstić information content (AvgIpc) is 3.05. The molecule has 0 saturated carbocycles. The van der Waals surface area contributed by atoms with Gasteiger partial charge in [0, 0.05) is 35.1 Å². The summed E-state index contributed by atoms with van der Waals surface area (Å²) in [5, 5.41) is 2.89. The number of pyridine rings is 1. The highest BCUT2D eigenvalue weighted by atomic mass is 79.9. The first-order chi connectivity index (χ1) is 10.6. The number of aromatic nitrogens is 1. The lowest BCUT2D eigenvalue weighted by atomic mass is 10.2. The minimum atomic E-state index is -0.184. The van der Waals surface area contributed by atoms with E-state index in [1.165, 1.54) is 12.8 Å². The van der Waals surface area contributed by atoms with Crippen molar-refractivity contribution in [1.82, 2.24) is 4.98 Å². The summed E-state index contributed by atoms with van der Waals surface area (Å²) in [7, 11) is 0. The molecule has 0 bridgehead atoms. The lowest BCUT2D eigenvalue weighted by Crippen LogP contribution is -2.19. The van der Waals surface area contributed by atoms with Crippen molar-refractivity contribution in [2.75, 3.05) is 23.3 Å². The van der Waals surface area contributed by atoms with Crippen molar-refractivity contribution in [2.45, 2.75) is 19.8 Å². The number of hydrogen-bond donors (Lipinski definition) is 1. The van der Waals surface area contributed by atoms with Crippen LogP contribution < -0.4 is 10.2 Å². The van der Waals surface area contributed by atoms with Crippen LogP contribution in [0.25, 0.3) is 0 Å². The van der Waals surface area contributed by atoms with Crippen LogP contribution in [-0.4, -0.2) is 24.0 Å². The van der Waals surface area contributed by atoms with Gasteiger partial charge in [0.25, 0.3) is 5.91 Å². The van der Waals surface area contributed by atoms with Crippen molar-refractivity contribution >= 4 is 33.2 Å². The van der Waals surface area contributed by atoms with Crippen LogP contribution in [0.1, 0.15) is 28.9 Å². The summed E-state index contributed by atoms with van der Waals surface area (Å²) < 4.78 is 0.976. The molecule has 1 aromatic heterocycles. The Morgan fingerprint density at radius 3 is 2.73 bits per heavy atom. The van der Waals surface area contributed by atoms with Gasteiger partial charge in [-0.1, -0.05) is 22.0 Å². The van der Waals surface area contributed by atoms with E-state index < -0.39 is 0 Å². The Kier molecular flexibility index (Phi) is 4.43. The smallest absolute Gasteiger partial charge is 0.274 e. The van der Waals surface area contributed by atoms with Crippen LogP contribution in [0.3, 0.4) is 0 Å². The monoisotopic (exact) mass is 359 g/mol. The number of halogens is 1. The molecule has 0 spiro atoms. The molecule has 1 aliphatic heterocycles. The number of aryl methyl sites for hydroxylation is 1. The maximum Gasteiger partial charge on any atom is 0.274 e. The maximum atomic E-state index is 12.4. The third kappa shape index (κ3) is 3.30. The number of anilines is 2. The van der Waals surface area contributed by atoms with Crippen LogP contribution in [0.5, 0.6) is 0 Å². The Labute approximate surface area is 138 Å². The third-order valence-electron chi connectivity index (χ3n) is 3.88. The highest BCUT2D eigenvalue weighted by Crippen LogP contribution is 2.22. The van der Waals surface area contributed by atoms with Crippen LogP contribution in [0.15, 0.2) is 41.0 Å². The standard InChI is InChI=1S/C17H18BrN3O/c1-12-4-5-13(10-15(12)18)20-17(22)16-11-14(6-7-19-16)21-8-2-3-9-21/h4-7,10-11H,2-3,8-9H2,1H3,(H,20,22). The molecule has 0 radical (unpaired) electrons. The molecule has 1 aromatic carbocycles. The predicted molar refractivity (Wildman–Crippen MR) is 92.5 cm³/mol. The van der Waals surface area contributed by atoms with Gasteiger partial charge in [-0.05, 0) is 49.6 Å². The second-order valence-corrected chi connectivity index (χ2v) is 6.37. The molecule has 0 atom stereocenters. The molecule has 3 rings (SSSR count). The van der Waals surface area contributed by atoms with Gasteiger partial charge in [0.1, 0.15) is 5.69 Å². The maximum absolute atomic E-state index is 12.4. The number of hydrogen-bond acceptors (Lipinski definition) is 3. The minimum absolute atomic E-state index is 0.184. The molecule has 22 heavy (non-hydrogen) atoms. The predicted octanol–water partition coefficient (Wildman–Crippen LogP) is 4.01. The molecule has 114 valence electrons. The number of rotatable bonds is 3. The van der Waals surface area contributed by atoms with Crippen molar-refractivity contribution in [3.8, 4) is 0 Å². The summed E-state index contributed by atoms with van der Waals surface area (Å²) >= 11 is 3.47. The molecular formula is C17H18BrN3O. The molecule has 2 heterocycles. The van der Waals surface area contributed by atoms with Crippen LogP contribution in [0, 0.1) is 6.92 Å². The number of carbonyl (C=O) groups is 1. The Balaban J connectivity index is 1.76. The second kappa shape index (κ2) is 6.48. The Hall–Kier alpha value is -1.88. The molecule has 5 heteroatoms. The zero-order valence-electron chi connectivity index (χ0n) is 12.5. The van der Waals surface area contributed by atoms with E-state index in [0.717, 1.165) is 34.5 Å². The van der Waals surface area contributed by atoms with E-state index in [0.29, 0.717) is 5.69 Å². The zero-order valence-corrected chi connectivity index (χ0v) is 14.1. The van der Waals surface area contributed by atoms with Crippen LogP contribution in [0.4, 0.5) is 11.4 Å². The first-order valence-electron chi connectivity index (χ1n) is 7.42. The summed E-state index contributed by atoms with van der Waals surface area (Å²) in [4.78, 5) is 18.9. The fourth-order valence-corrected chi connectivity index (χ4v) is 2.96. The molecule has 1 saturated heterocycles. The normalized spacial score (nSPS) is 14.2. The summed E-state index contributed by atoms with van der Waals surface area (Å²) in [6.07, 6.45) is 4.12. The SMILES string of the molecule is Cc1ccc(NC(=O)c2cc(N3CCCC3)ccn2)cc1Br. The molecule has 2 aromatic rings. The van der Waals surface area contributed by atoms with Gasteiger partial charge in [-0.2, -0.15) is 0 Å². The number of amides is 1. The van der Waals surface area contributed by atoms with Crippen molar-refractivity contribution < 1.29 is 4.79 Å². The Bertz CT molecular complexity index is 696. The molecule has 1 fully saturated rings. The fraction of sp³-hybridized carbons (Fsp3) is 0.294. The topological polar surface area (TPSA) is 45.2 Å². The molecule has 1 N–H and O–H groups in total. The van der Waals surface area contributed by atoms with Gasteiger partial charge in [0.05, 0.1) is 0 Å². The highest BCUT2D eigenvalue weighted by Gasteiger charge is 2.15. The van der Waals surface area contributed by atoms with Gasteiger partial charge in [0.2, 0.25) is 0 Å². The van der Waals surface area contributed by atoms with E-state index in [1.54, 1.807) is 6.20 Å². The van der Waals surface area contributed by atoms with E-state index in [-0.39, 0.29) is 5.91 Å². The lowest BCUT2D eigenvalue weighted by molar-refractivity contribution is 0.102. The Morgan fingerprint density at radius 2 is 2.00 bits per heavy atom. The van der Waals surface area contributed by atoms with Gasteiger partial charge in [-0.3, -0.25) is 9.78 Å². The molecule has 4 nitrogen and oxygen atoms in total. The van der Waals surface area contributed by atoms with Gasteiger partial charge in [-0.25, -0.2) is 0 Å². The largest absolute Gasteiger partial charge is 0.371 e. The van der Waals surface area contributed by atoms with E-state index in [9.17, 15) is 4.79 Å². The number of benzene rings is 1. The van der Waals surface area contributed by atoms with Gasteiger partial charge < -0.3 is 10.2 Å². The van der Waals surface area contributed by atoms with Crippen molar-refractivity contribution in [3.63, 3.8) is 0 Å². The Morgan fingerprint density at radius 1 is 1.23 bits per heavy atom. The highest BCUT2D eigenvalue weighted by molar-refractivity contribution is 9.10. The van der Waals surface area contributed by atoms with Crippen LogP contribution >= 0.6 is 15.9 Å². The summed E-state index contributed by atoms with van der Waals surface area (Å²) in [5.74, 6) is -0.184. The van der Waals surface area contributed by atoms with Crippen molar-refractivity contribution in [3.05, 3.63) is 52.3 Å². The average molecular weight is 360 g/mol. The zero-order chi connectivity index (χ0) is 15.5.